The molecule has 0 saturated heterocycles. The SMILES string of the molecule is C/C=C\C(=O)N(C=O)C(=O)CCCNN. The molecule has 0 saturated carbocycles. The van der Waals surface area contributed by atoms with Crippen molar-refractivity contribution in [2.75, 3.05) is 6.54 Å². The van der Waals surface area contributed by atoms with Crippen molar-refractivity contribution in [3.05, 3.63) is 12.2 Å². The van der Waals surface area contributed by atoms with Gasteiger partial charge in [0.2, 0.25) is 12.3 Å². The Hall–Kier alpha value is -1.53. The van der Waals surface area contributed by atoms with E-state index in [1.165, 1.54) is 6.08 Å². The molecule has 3 N–H and O–H groups in total. The topological polar surface area (TPSA) is 92.5 Å². The van der Waals surface area contributed by atoms with Gasteiger partial charge in [-0.1, -0.05) is 6.08 Å². The number of nitrogens with one attached hydrogen (secondary N) is 1. The van der Waals surface area contributed by atoms with E-state index in [-0.39, 0.29) is 12.8 Å². The maximum atomic E-state index is 11.3. The molecule has 3 amide bonds. The first-order chi connectivity index (χ1) is 7.17. The van der Waals surface area contributed by atoms with Crippen LogP contribution in [0.5, 0.6) is 0 Å². The molecule has 0 aromatic heterocycles. The fraction of sp³-hybridized carbons (Fsp3) is 0.444. The Morgan fingerprint density at radius 1 is 1.47 bits per heavy atom. The van der Waals surface area contributed by atoms with Crippen molar-refractivity contribution in [1.82, 2.24) is 10.3 Å². The molecule has 0 aliphatic rings. The lowest BCUT2D eigenvalue weighted by Gasteiger charge is -2.10. The van der Waals surface area contributed by atoms with Crippen LogP contribution in [-0.2, 0) is 14.4 Å². The Kier molecular flexibility index (Phi) is 7.04. The van der Waals surface area contributed by atoms with Crippen molar-refractivity contribution < 1.29 is 14.4 Å². The molecular formula is C9H15N3O3. The van der Waals surface area contributed by atoms with E-state index in [4.69, 9.17) is 5.84 Å². The summed E-state index contributed by atoms with van der Waals surface area (Å²) in [5, 5.41) is 0. The van der Waals surface area contributed by atoms with Crippen molar-refractivity contribution in [3.8, 4) is 0 Å². The number of allylic oxidation sites excluding steroid dienone is 1. The lowest BCUT2D eigenvalue weighted by Crippen LogP contribution is -2.35. The lowest BCUT2D eigenvalue weighted by atomic mass is 10.3. The van der Waals surface area contributed by atoms with Crippen molar-refractivity contribution in [2.24, 2.45) is 5.84 Å². The molecule has 0 fully saturated rings. The highest BCUT2D eigenvalue weighted by molar-refractivity contribution is 6.08. The molecule has 0 unspecified atom stereocenters. The van der Waals surface area contributed by atoms with Gasteiger partial charge in [0.25, 0.3) is 5.91 Å². The van der Waals surface area contributed by atoms with Gasteiger partial charge in [-0.15, -0.1) is 0 Å². The first-order valence-corrected chi connectivity index (χ1v) is 4.54. The highest BCUT2D eigenvalue weighted by Gasteiger charge is 2.17. The molecule has 0 rings (SSSR count). The normalized spacial score (nSPS) is 10.3. The first-order valence-electron chi connectivity index (χ1n) is 4.54. The fourth-order valence-electron chi connectivity index (χ4n) is 0.919. The summed E-state index contributed by atoms with van der Waals surface area (Å²) in [6, 6.07) is 0. The predicted molar refractivity (Wildman–Crippen MR) is 54.2 cm³/mol. The summed E-state index contributed by atoms with van der Waals surface area (Å²) in [6.07, 6.45) is 3.43. The van der Waals surface area contributed by atoms with Crippen LogP contribution in [-0.4, -0.2) is 29.7 Å². The Bertz CT molecular complexity index is 263. The van der Waals surface area contributed by atoms with Crippen LogP contribution < -0.4 is 11.3 Å². The van der Waals surface area contributed by atoms with E-state index in [2.05, 4.69) is 5.43 Å². The number of hydrogen-bond acceptors (Lipinski definition) is 5. The van der Waals surface area contributed by atoms with Gasteiger partial charge in [-0.2, -0.15) is 0 Å². The zero-order chi connectivity index (χ0) is 11.7. The van der Waals surface area contributed by atoms with Crippen LogP contribution >= 0.6 is 0 Å². The number of rotatable bonds is 6. The molecule has 0 radical (unpaired) electrons. The molecule has 6 nitrogen and oxygen atoms in total. The van der Waals surface area contributed by atoms with Gasteiger partial charge >= 0.3 is 0 Å². The summed E-state index contributed by atoms with van der Waals surface area (Å²) >= 11 is 0. The Labute approximate surface area is 88.1 Å². The monoisotopic (exact) mass is 213 g/mol. The summed E-state index contributed by atoms with van der Waals surface area (Å²) in [5.74, 6) is 3.86. The van der Waals surface area contributed by atoms with E-state index in [1.54, 1.807) is 6.92 Å². The molecule has 0 atom stereocenters. The van der Waals surface area contributed by atoms with Crippen LogP contribution in [0.1, 0.15) is 19.8 Å². The van der Waals surface area contributed by atoms with Crippen molar-refractivity contribution in [1.29, 1.82) is 0 Å². The molecule has 0 heterocycles. The minimum absolute atomic E-state index is 0.103. The number of nitrogens with zero attached hydrogens (tertiary/aromatic N) is 1. The van der Waals surface area contributed by atoms with Gasteiger partial charge in [0, 0.05) is 13.0 Å². The average molecular weight is 213 g/mol. The molecular weight excluding hydrogens is 198 g/mol. The number of hydrazine groups is 1. The van der Waals surface area contributed by atoms with Crippen LogP contribution in [0.3, 0.4) is 0 Å². The second-order valence-electron chi connectivity index (χ2n) is 2.77. The minimum atomic E-state index is -0.627. The van der Waals surface area contributed by atoms with E-state index in [0.717, 1.165) is 6.08 Å². The molecule has 0 spiro atoms. The molecule has 84 valence electrons. The zero-order valence-electron chi connectivity index (χ0n) is 8.60. The van der Waals surface area contributed by atoms with Gasteiger partial charge in [-0.25, -0.2) is 4.90 Å². The van der Waals surface area contributed by atoms with Crippen molar-refractivity contribution in [3.63, 3.8) is 0 Å². The average Bonchev–Trinajstić information content (AvgIpc) is 2.19. The van der Waals surface area contributed by atoms with Gasteiger partial charge in [-0.3, -0.25) is 25.7 Å². The second-order valence-corrected chi connectivity index (χ2v) is 2.77. The van der Waals surface area contributed by atoms with Gasteiger partial charge in [0.1, 0.15) is 0 Å². The summed E-state index contributed by atoms with van der Waals surface area (Å²) in [6.45, 7) is 2.08. The number of imide groups is 3. The zero-order valence-corrected chi connectivity index (χ0v) is 8.60. The fourth-order valence-corrected chi connectivity index (χ4v) is 0.919. The summed E-state index contributed by atoms with van der Waals surface area (Å²) < 4.78 is 0. The van der Waals surface area contributed by atoms with Crippen LogP contribution in [0.25, 0.3) is 0 Å². The van der Waals surface area contributed by atoms with E-state index >= 15 is 0 Å². The van der Waals surface area contributed by atoms with Gasteiger partial charge in [-0.05, 0) is 19.4 Å². The third-order valence-electron chi connectivity index (χ3n) is 1.63. The molecule has 0 bridgehead atoms. The summed E-state index contributed by atoms with van der Waals surface area (Å²) in [5.41, 5.74) is 2.38. The quantitative estimate of drug-likeness (QED) is 0.200. The van der Waals surface area contributed by atoms with Crippen molar-refractivity contribution in [2.45, 2.75) is 19.8 Å². The van der Waals surface area contributed by atoms with Crippen LogP contribution in [0.15, 0.2) is 12.2 Å². The summed E-state index contributed by atoms with van der Waals surface area (Å²) in [7, 11) is 0. The highest BCUT2D eigenvalue weighted by Crippen LogP contribution is 1.96. The van der Waals surface area contributed by atoms with E-state index in [0.29, 0.717) is 17.9 Å². The Balaban J connectivity index is 4.22. The van der Waals surface area contributed by atoms with E-state index in [1.807, 2.05) is 0 Å². The molecule has 0 aromatic carbocycles. The molecule has 0 aromatic rings. The highest BCUT2D eigenvalue weighted by atomic mass is 16.2. The first kappa shape index (κ1) is 13.5. The van der Waals surface area contributed by atoms with Crippen LogP contribution in [0, 0.1) is 0 Å². The lowest BCUT2D eigenvalue weighted by molar-refractivity contribution is -0.146. The number of carbonyl (C=O) groups is 3. The molecule has 0 aliphatic heterocycles. The largest absolute Gasteiger partial charge is 0.278 e. The number of carbonyl (C=O) groups excluding carboxylic acids is 3. The number of amides is 3. The van der Waals surface area contributed by atoms with Crippen molar-refractivity contribution >= 4 is 18.2 Å². The number of nitrogens with two attached hydrogens (primary N) is 1. The third kappa shape index (κ3) is 5.04. The molecule has 0 aliphatic carbocycles. The number of hydrogen-bond donors (Lipinski definition) is 2. The maximum Gasteiger partial charge on any atom is 0.259 e. The van der Waals surface area contributed by atoms with Gasteiger partial charge in [0.15, 0.2) is 0 Å². The molecule has 6 heteroatoms. The van der Waals surface area contributed by atoms with Crippen LogP contribution in [0.4, 0.5) is 0 Å². The third-order valence-corrected chi connectivity index (χ3v) is 1.63. The predicted octanol–water partition coefficient (Wildman–Crippen LogP) is -0.682. The summed E-state index contributed by atoms with van der Waals surface area (Å²) in [4.78, 5) is 33.6. The molecule has 15 heavy (non-hydrogen) atoms. The van der Waals surface area contributed by atoms with Gasteiger partial charge < -0.3 is 0 Å². The maximum absolute atomic E-state index is 11.3. The van der Waals surface area contributed by atoms with Gasteiger partial charge in [0.05, 0.1) is 0 Å². The smallest absolute Gasteiger partial charge is 0.259 e. The van der Waals surface area contributed by atoms with E-state index < -0.39 is 11.8 Å². The Morgan fingerprint density at radius 3 is 2.60 bits per heavy atom. The standard InChI is InChI=1S/C9H15N3O3/c1-2-4-8(14)12(7-13)9(15)5-3-6-11-10/h2,4,7,11H,3,5-6,10H2,1H3/b4-2-. The second kappa shape index (κ2) is 7.84. The van der Waals surface area contributed by atoms with Crippen LogP contribution in [0.2, 0.25) is 0 Å². The Morgan fingerprint density at radius 2 is 2.13 bits per heavy atom. The minimum Gasteiger partial charge on any atom is -0.278 e. The van der Waals surface area contributed by atoms with E-state index in [9.17, 15) is 14.4 Å².